The fourth-order valence-corrected chi connectivity index (χ4v) is 3.71. The predicted octanol–water partition coefficient (Wildman–Crippen LogP) is 2.07. The van der Waals surface area contributed by atoms with E-state index in [1.54, 1.807) is 6.20 Å². The van der Waals surface area contributed by atoms with E-state index in [1.165, 1.54) is 38.8 Å². The molecule has 2 saturated heterocycles. The number of hydrogen-bond acceptors (Lipinski definition) is 5. The molecule has 6 nitrogen and oxygen atoms in total. The zero-order chi connectivity index (χ0) is 14.2. The van der Waals surface area contributed by atoms with Crippen molar-refractivity contribution in [1.29, 1.82) is 0 Å². The topological polar surface area (TPSA) is 60.9 Å². The summed E-state index contributed by atoms with van der Waals surface area (Å²) in [5, 5.41) is 8.17. The van der Waals surface area contributed by atoms with Gasteiger partial charge in [-0.2, -0.15) is 15.1 Å². The first-order valence-electron chi connectivity index (χ1n) is 7.67. The first-order chi connectivity index (χ1) is 10.3. The predicted molar refractivity (Wildman–Crippen MR) is 82.7 cm³/mol. The third-order valence-electron chi connectivity index (χ3n) is 4.63. The minimum Gasteiger partial charge on any atom is -0.354 e. The average Bonchev–Trinajstić information content (AvgIpc) is 3.16. The summed E-state index contributed by atoms with van der Waals surface area (Å²) in [6.07, 6.45) is 7.03. The van der Waals surface area contributed by atoms with Gasteiger partial charge in [0.1, 0.15) is 5.82 Å². The fraction of sp³-hybridized carbons (Fsp3) is 0.643. The Morgan fingerprint density at radius 3 is 2.86 bits per heavy atom. The number of piperidine rings is 1. The first-order valence-corrected chi connectivity index (χ1v) is 8.05. The Kier molecular flexibility index (Phi) is 3.43. The smallest absolute Gasteiger partial charge is 0.226 e. The quantitative estimate of drug-likeness (QED) is 0.861. The van der Waals surface area contributed by atoms with Gasteiger partial charge in [-0.15, -0.1) is 0 Å². The summed E-state index contributed by atoms with van der Waals surface area (Å²) in [7, 11) is 0. The number of aromatic amines is 1. The van der Waals surface area contributed by atoms with Crippen molar-refractivity contribution in [3.05, 3.63) is 11.5 Å². The van der Waals surface area contributed by atoms with Crippen LogP contribution in [0.5, 0.6) is 0 Å². The van der Waals surface area contributed by atoms with Crippen molar-refractivity contribution in [2.75, 3.05) is 31.1 Å². The van der Waals surface area contributed by atoms with Crippen molar-refractivity contribution >= 4 is 28.5 Å². The summed E-state index contributed by atoms with van der Waals surface area (Å²) in [5.41, 5.74) is 0.714. The van der Waals surface area contributed by atoms with Crippen molar-refractivity contribution in [2.24, 2.45) is 0 Å². The molecule has 0 amide bonds. The number of hydrogen-bond donors (Lipinski definition) is 1. The molecule has 2 fully saturated rings. The Morgan fingerprint density at radius 2 is 2.00 bits per heavy atom. The summed E-state index contributed by atoms with van der Waals surface area (Å²) < 4.78 is 0. The van der Waals surface area contributed by atoms with Gasteiger partial charge >= 0.3 is 0 Å². The molecular weight excluding hydrogens is 288 g/mol. The van der Waals surface area contributed by atoms with E-state index in [-0.39, 0.29) is 5.28 Å². The number of anilines is 1. The van der Waals surface area contributed by atoms with E-state index in [1.807, 2.05) is 0 Å². The molecule has 112 valence electrons. The van der Waals surface area contributed by atoms with Crippen LogP contribution in [0.2, 0.25) is 5.28 Å². The van der Waals surface area contributed by atoms with Gasteiger partial charge in [-0.1, -0.05) is 6.42 Å². The van der Waals surface area contributed by atoms with Gasteiger partial charge in [0.25, 0.3) is 0 Å². The van der Waals surface area contributed by atoms with Crippen LogP contribution < -0.4 is 4.90 Å². The van der Waals surface area contributed by atoms with E-state index in [0.29, 0.717) is 11.7 Å². The molecule has 0 saturated carbocycles. The maximum Gasteiger partial charge on any atom is 0.226 e. The van der Waals surface area contributed by atoms with Crippen LogP contribution in [-0.2, 0) is 0 Å². The lowest BCUT2D eigenvalue weighted by Gasteiger charge is -2.32. The molecule has 2 aliphatic rings. The molecule has 2 aliphatic heterocycles. The van der Waals surface area contributed by atoms with Crippen molar-refractivity contribution < 1.29 is 0 Å². The third kappa shape index (κ3) is 2.46. The Morgan fingerprint density at radius 1 is 1.14 bits per heavy atom. The van der Waals surface area contributed by atoms with Gasteiger partial charge in [0.2, 0.25) is 5.28 Å². The first kappa shape index (κ1) is 13.3. The third-order valence-corrected chi connectivity index (χ3v) is 4.80. The maximum atomic E-state index is 6.04. The zero-order valence-electron chi connectivity index (χ0n) is 11.9. The molecule has 0 spiro atoms. The largest absolute Gasteiger partial charge is 0.354 e. The van der Waals surface area contributed by atoms with Gasteiger partial charge in [-0.25, -0.2) is 0 Å². The average molecular weight is 307 g/mol. The molecule has 7 heteroatoms. The lowest BCUT2D eigenvalue weighted by molar-refractivity contribution is 0.175. The van der Waals surface area contributed by atoms with E-state index in [4.69, 9.17) is 11.6 Å². The Bertz CT molecular complexity index is 635. The van der Waals surface area contributed by atoms with Crippen LogP contribution in [0.3, 0.4) is 0 Å². The standard InChI is InChI=1S/C14H19ClN6/c15-14-17-12-11(8-16-19-12)13(18-14)21-7-4-10(9-21)20-5-2-1-3-6-20/h8,10H,1-7,9H2,(H,16,17,18,19). The summed E-state index contributed by atoms with van der Waals surface area (Å²) >= 11 is 6.04. The summed E-state index contributed by atoms with van der Waals surface area (Å²) in [6, 6.07) is 0.640. The van der Waals surface area contributed by atoms with E-state index < -0.39 is 0 Å². The molecule has 0 aliphatic carbocycles. The second-order valence-corrected chi connectivity index (χ2v) is 6.27. The normalized spacial score (nSPS) is 24.0. The molecular formula is C14H19ClN6. The van der Waals surface area contributed by atoms with Gasteiger partial charge in [-0.3, -0.25) is 10.00 Å². The molecule has 1 N–H and O–H groups in total. The number of nitrogens with zero attached hydrogens (tertiary/aromatic N) is 5. The van der Waals surface area contributed by atoms with Gasteiger partial charge in [0, 0.05) is 19.1 Å². The molecule has 4 heterocycles. The second-order valence-electron chi connectivity index (χ2n) is 5.93. The molecule has 0 bridgehead atoms. The Balaban J connectivity index is 1.57. The van der Waals surface area contributed by atoms with Crippen LogP contribution in [0.1, 0.15) is 25.7 Å². The molecule has 21 heavy (non-hydrogen) atoms. The van der Waals surface area contributed by atoms with Crippen LogP contribution in [0.25, 0.3) is 11.0 Å². The number of rotatable bonds is 2. The van der Waals surface area contributed by atoms with Crippen LogP contribution in [0.4, 0.5) is 5.82 Å². The maximum absolute atomic E-state index is 6.04. The van der Waals surface area contributed by atoms with Crippen molar-refractivity contribution in [1.82, 2.24) is 25.1 Å². The molecule has 1 unspecified atom stereocenters. The van der Waals surface area contributed by atoms with Gasteiger partial charge in [-0.05, 0) is 44.0 Å². The van der Waals surface area contributed by atoms with Crippen LogP contribution in [-0.4, -0.2) is 57.3 Å². The van der Waals surface area contributed by atoms with Crippen LogP contribution >= 0.6 is 11.6 Å². The second kappa shape index (κ2) is 5.42. The summed E-state index contributed by atoms with van der Waals surface area (Å²) in [4.78, 5) is 13.6. The highest BCUT2D eigenvalue weighted by Gasteiger charge is 2.30. The van der Waals surface area contributed by atoms with Crippen molar-refractivity contribution in [3.63, 3.8) is 0 Å². The van der Waals surface area contributed by atoms with E-state index >= 15 is 0 Å². The number of aromatic nitrogens is 4. The van der Waals surface area contributed by atoms with Crippen molar-refractivity contribution in [3.8, 4) is 0 Å². The lowest BCUT2D eigenvalue weighted by atomic mass is 10.1. The SMILES string of the molecule is Clc1nc(N2CCC(N3CCCCC3)C2)c2cn[nH]c2n1. The monoisotopic (exact) mass is 306 g/mol. The van der Waals surface area contributed by atoms with Crippen LogP contribution in [0, 0.1) is 0 Å². The number of fused-ring (bicyclic) bond motifs is 1. The van der Waals surface area contributed by atoms with Crippen molar-refractivity contribution in [2.45, 2.75) is 31.7 Å². The highest BCUT2D eigenvalue weighted by molar-refractivity contribution is 6.28. The number of H-pyrrole nitrogens is 1. The van der Waals surface area contributed by atoms with E-state index in [9.17, 15) is 0 Å². The molecule has 0 aromatic carbocycles. The number of nitrogens with one attached hydrogen (secondary N) is 1. The number of halogens is 1. The summed E-state index contributed by atoms with van der Waals surface area (Å²) in [5.74, 6) is 0.915. The molecule has 1 atom stereocenters. The van der Waals surface area contributed by atoms with Gasteiger partial charge in [0.15, 0.2) is 5.65 Å². The van der Waals surface area contributed by atoms with E-state index in [2.05, 4.69) is 30.0 Å². The molecule has 2 aromatic heterocycles. The summed E-state index contributed by atoms with van der Waals surface area (Å²) in [6.45, 7) is 4.52. The Labute approximate surface area is 128 Å². The minimum atomic E-state index is 0.281. The molecule has 4 rings (SSSR count). The van der Waals surface area contributed by atoms with Gasteiger partial charge < -0.3 is 4.90 Å². The Hall–Kier alpha value is -1.40. The zero-order valence-corrected chi connectivity index (χ0v) is 12.7. The minimum absolute atomic E-state index is 0.281. The van der Waals surface area contributed by atoms with E-state index in [0.717, 1.165) is 24.3 Å². The van der Waals surface area contributed by atoms with Crippen LogP contribution in [0.15, 0.2) is 6.20 Å². The highest BCUT2D eigenvalue weighted by Crippen LogP contribution is 2.29. The fourth-order valence-electron chi connectivity index (χ4n) is 3.55. The number of likely N-dealkylation sites (tertiary alicyclic amines) is 1. The molecule has 0 radical (unpaired) electrons. The van der Waals surface area contributed by atoms with Gasteiger partial charge in [0.05, 0.1) is 11.6 Å². The highest BCUT2D eigenvalue weighted by atomic mass is 35.5. The molecule has 2 aromatic rings. The lowest BCUT2D eigenvalue weighted by Crippen LogP contribution is -2.41.